The summed E-state index contributed by atoms with van der Waals surface area (Å²) in [6.45, 7) is 3.49. The molecule has 1 N–H and O–H groups in total. The van der Waals surface area contributed by atoms with Crippen LogP contribution < -0.4 is 4.74 Å². The summed E-state index contributed by atoms with van der Waals surface area (Å²) >= 11 is 6.12. The minimum absolute atomic E-state index is 0.181. The first-order valence-corrected chi connectivity index (χ1v) is 9.69. The van der Waals surface area contributed by atoms with E-state index < -0.39 is 17.4 Å². The smallest absolute Gasteiger partial charge is 0.198 e. The molecule has 0 aliphatic carbocycles. The first-order valence-electron chi connectivity index (χ1n) is 9.31. The molecule has 1 aliphatic heterocycles. The van der Waals surface area contributed by atoms with Crippen LogP contribution in [0.25, 0.3) is 11.0 Å². The van der Waals surface area contributed by atoms with Crippen LogP contribution >= 0.6 is 11.6 Å². The first-order chi connectivity index (χ1) is 14.4. The standard InChI is InChI=1S/C21H20ClF2N3O3/c1-21(10-28-2)9-27-17(29-11-21)7-12-5-14(23)19(15(24)6-12)30-16-3-4-25-20-18(16)13(22)8-26-20/h3-6,8H,7,9-11H2,1-2H3,(H,25,26). The Kier molecular flexibility index (Phi) is 5.62. The molecule has 3 aromatic rings. The van der Waals surface area contributed by atoms with Crippen molar-refractivity contribution >= 4 is 28.5 Å². The molecule has 4 rings (SSSR count). The van der Waals surface area contributed by atoms with Gasteiger partial charge in [0.1, 0.15) is 11.4 Å². The lowest BCUT2D eigenvalue weighted by Gasteiger charge is -2.31. The Labute approximate surface area is 176 Å². The van der Waals surface area contributed by atoms with Crippen LogP contribution in [0.5, 0.6) is 11.5 Å². The van der Waals surface area contributed by atoms with E-state index in [9.17, 15) is 8.78 Å². The Morgan fingerprint density at radius 3 is 2.73 bits per heavy atom. The average molecular weight is 436 g/mol. The van der Waals surface area contributed by atoms with Crippen molar-refractivity contribution in [2.75, 3.05) is 26.9 Å². The highest BCUT2D eigenvalue weighted by Crippen LogP contribution is 2.36. The van der Waals surface area contributed by atoms with Gasteiger partial charge < -0.3 is 19.2 Å². The number of aromatic amines is 1. The largest absolute Gasteiger partial charge is 0.480 e. The Morgan fingerprint density at radius 2 is 2.07 bits per heavy atom. The van der Waals surface area contributed by atoms with Crippen LogP contribution in [0, 0.1) is 17.0 Å². The summed E-state index contributed by atoms with van der Waals surface area (Å²) < 4.78 is 45.7. The molecule has 0 radical (unpaired) electrons. The SMILES string of the molecule is COCC1(C)CN=C(Cc2cc(F)c(Oc3ccnc4[nH]cc(Cl)c34)c(F)c2)OC1. The fourth-order valence-electron chi connectivity index (χ4n) is 3.34. The predicted molar refractivity (Wildman–Crippen MR) is 109 cm³/mol. The van der Waals surface area contributed by atoms with Gasteiger partial charge >= 0.3 is 0 Å². The number of methoxy groups -OCH3 is 1. The molecular formula is C21H20ClF2N3O3. The number of hydrogen-bond acceptors (Lipinski definition) is 5. The number of benzene rings is 1. The van der Waals surface area contributed by atoms with Gasteiger partial charge in [-0.15, -0.1) is 0 Å². The van der Waals surface area contributed by atoms with Crippen molar-refractivity contribution in [3.63, 3.8) is 0 Å². The molecule has 1 aromatic carbocycles. The fourth-order valence-corrected chi connectivity index (χ4v) is 3.58. The maximum atomic E-state index is 14.7. The van der Waals surface area contributed by atoms with Crippen molar-refractivity contribution in [2.45, 2.75) is 13.3 Å². The molecule has 0 saturated carbocycles. The molecule has 0 bridgehead atoms. The Bertz CT molecular complexity index is 1100. The summed E-state index contributed by atoms with van der Waals surface area (Å²) in [5.41, 5.74) is 0.649. The third-order valence-corrected chi connectivity index (χ3v) is 5.13. The van der Waals surface area contributed by atoms with Gasteiger partial charge in [0, 0.05) is 31.3 Å². The highest BCUT2D eigenvalue weighted by atomic mass is 35.5. The average Bonchev–Trinajstić information content (AvgIpc) is 3.09. The van der Waals surface area contributed by atoms with Crippen molar-refractivity contribution in [3.8, 4) is 11.5 Å². The second-order valence-electron chi connectivity index (χ2n) is 7.58. The van der Waals surface area contributed by atoms with E-state index in [1.165, 1.54) is 30.6 Å². The zero-order valence-corrected chi connectivity index (χ0v) is 17.2. The number of aliphatic imine (C=N–C) groups is 1. The van der Waals surface area contributed by atoms with Gasteiger partial charge in [0.2, 0.25) is 0 Å². The summed E-state index contributed by atoms with van der Waals surface area (Å²) in [4.78, 5) is 11.4. The van der Waals surface area contributed by atoms with Gasteiger partial charge in [0.05, 0.1) is 30.2 Å². The Balaban J connectivity index is 1.54. The minimum Gasteiger partial charge on any atom is -0.480 e. The normalized spacial score (nSPS) is 18.9. The third-order valence-electron chi connectivity index (χ3n) is 4.83. The van der Waals surface area contributed by atoms with Crippen LogP contribution in [0.1, 0.15) is 12.5 Å². The van der Waals surface area contributed by atoms with Gasteiger partial charge in [0.25, 0.3) is 0 Å². The molecule has 30 heavy (non-hydrogen) atoms. The van der Waals surface area contributed by atoms with Crippen LogP contribution in [0.3, 0.4) is 0 Å². The van der Waals surface area contributed by atoms with E-state index in [1.54, 1.807) is 7.11 Å². The highest BCUT2D eigenvalue weighted by molar-refractivity contribution is 6.36. The van der Waals surface area contributed by atoms with Gasteiger partial charge in [-0.1, -0.05) is 18.5 Å². The number of H-pyrrole nitrogens is 1. The van der Waals surface area contributed by atoms with Crippen molar-refractivity contribution in [1.29, 1.82) is 0 Å². The molecule has 6 nitrogen and oxygen atoms in total. The molecule has 3 heterocycles. The Morgan fingerprint density at radius 1 is 1.30 bits per heavy atom. The van der Waals surface area contributed by atoms with E-state index in [2.05, 4.69) is 15.0 Å². The molecule has 0 saturated heterocycles. The van der Waals surface area contributed by atoms with Gasteiger partial charge in [0.15, 0.2) is 23.3 Å². The number of nitrogens with zero attached hydrogens (tertiary/aromatic N) is 2. The lowest BCUT2D eigenvalue weighted by molar-refractivity contribution is 0.0424. The molecule has 2 aromatic heterocycles. The lowest BCUT2D eigenvalue weighted by Crippen LogP contribution is -2.37. The van der Waals surface area contributed by atoms with E-state index in [1.807, 2.05) is 6.92 Å². The third kappa shape index (κ3) is 4.11. The number of hydrogen-bond donors (Lipinski definition) is 1. The molecular weight excluding hydrogens is 416 g/mol. The summed E-state index contributed by atoms with van der Waals surface area (Å²) in [6, 6.07) is 3.92. The number of halogens is 3. The second kappa shape index (κ2) is 8.20. The van der Waals surface area contributed by atoms with E-state index >= 15 is 0 Å². The lowest BCUT2D eigenvalue weighted by atomic mass is 9.92. The van der Waals surface area contributed by atoms with Crippen molar-refractivity contribution in [1.82, 2.24) is 9.97 Å². The number of rotatable bonds is 6. The maximum absolute atomic E-state index is 14.7. The maximum Gasteiger partial charge on any atom is 0.198 e. The second-order valence-corrected chi connectivity index (χ2v) is 7.99. The van der Waals surface area contributed by atoms with E-state index in [0.717, 1.165) is 0 Å². The molecule has 0 spiro atoms. The van der Waals surface area contributed by atoms with E-state index in [0.29, 0.717) is 47.3 Å². The molecule has 158 valence electrons. The zero-order chi connectivity index (χ0) is 21.3. The van der Waals surface area contributed by atoms with Crippen LogP contribution in [0.4, 0.5) is 8.78 Å². The van der Waals surface area contributed by atoms with E-state index in [-0.39, 0.29) is 17.6 Å². The van der Waals surface area contributed by atoms with Crippen molar-refractivity contribution in [3.05, 3.63) is 52.8 Å². The fraction of sp³-hybridized carbons (Fsp3) is 0.333. The molecule has 1 unspecified atom stereocenters. The van der Waals surface area contributed by atoms with Gasteiger partial charge in [-0.2, -0.15) is 0 Å². The van der Waals surface area contributed by atoms with Crippen molar-refractivity contribution < 1.29 is 23.0 Å². The topological polar surface area (TPSA) is 68.7 Å². The van der Waals surface area contributed by atoms with E-state index in [4.69, 9.17) is 25.8 Å². The molecule has 0 amide bonds. The van der Waals surface area contributed by atoms with Crippen LogP contribution in [0.2, 0.25) is 5.02 Å². The zero-order valence-electron chi connectivity index (χ0n) is 16.5. The predicted octanol–water partition coefficient (Wildman–Crippen LogP) is 4.91. The number of pyridine rings is 1. The molecule has 1 atom stereocenters. The monoisotopic (exact) mass is 435 g/mol. The number of ether oxygens (including phenoxy) is 3. The number of fused-ring (bicyclic) bond motifs is 1. The molecule has 1 aliphatic rings. The van der Waals surface area contributed by atoms with Crippen molar-refractivity contribution in [2.24, 2.45) is 10.4 Å². The first kappa shape index (κ1) is 20.6. The summed E-state index contributed by atoms with van der Waals surface area (Å²) in [5, 5.41) is 0.796. The summed E-state index contributed by atoms with van der Waals surface area (Å²) in [5.74, 6) is -1.53. The summed E-state index contributed by atoms with van der Waals surface area (Å²) in [7, 11) is 1.63. The van der Waals surface area contributed by atoms with Crippen LogP contribution in [-0.4, -0.2) is 42.7 Å². The molecule has 0 fully saturated rings. The summed E-state index contributed by atoms with van der Waals surface area (Å²) in [6.07, 6.45) is 3.18. The highest BCUT2D eigenvalue weighted by Gasteiger charge is 2.30. The number of nitrogens with one attached hydrogen (secondary N) is 1. The molecule has 9 heteroatoms. The minimum atomic E-state index is -0.831. The quantitative estimate of drug-likeness (QED) is 0.597. The van der Waals surface area contributed by atoms with Gasteiger partial charge in [-0.05, 0) is 23.8 Å². The Hall–Kier alpha value is -2.71. The van der Waals surface area contributed by atoms with Crippen LogP contribution in [0.15, 0.2) is 35.6 Å². The van der Waals surface area contributed by atoms with Crippen LogP contribution in [-0.2, 0) is 15.9 Å². The number of aromatic nitrogens is 2. The van der Waals surface area contributed by atoms with Gasteiger partial charge in [-0.3, -0.25) is 4.99 Å². The van der Waals surface area contributed by atoms with Gasteiger partial charge in [-0.25, -0.2) is 13.8 Å².